The lowest BCUT2D eigenvalue weighted by molar-refractivity contribution is -0.117. The van der Waals surface area contributed by atoms with Gasteiger partial charge >= 0.3 is 0 Å². The summed E-state index contributed by atoms with van der Waals surface area (Å²) in [5.41, 5.74) is 4.98. The van der Waals surface area contributed by atoms with Crippen molar-refractivity contribution in [2.75, 3.05) is 58.0 Å². The Morgan fingerprint density at radius 3 is 2.85 bits per heavy atom. The summed E-state index contributed by atoms with van der Waals surface area (Å²) in [4.78, 5) is 22.1. The molecule has 8 heteroatoms. The summed E-state index contributed by atoms with van der Waals surface area (Å²) < 4.78 is 5.34. The van der Waals surface area contributed by atoms with Crippen LogP contribution in [0.3, 0.4) is 0 Å². The third-order valence-corrected chi connectivity index (χ3v) is 6.02. The monoisotopic (exact) mass is 467 g/mol. The summed E-state index contributed by atoms with van der Waals surface area (Å²) >= 11 is 6.10. The largest absolute Gasteiger partial charge is 0.495 e. The highest BCUT2D eigenvalue weighted by atomic mass is 35.5. The molecule has 1 aromatic heterocycles. The number of amides is 1. The van der Waals surface area contributed by atoms with E-state index in [0.29, 0.717) is 23.0 Å². The van der Waals surface area contributed by atoms with E-state index in [2.05, 4.69) is 46.7 Å². The Labute approximate surface area is 199 Å². The second-order valence-corrected chi connectivity index (χ2v) is 8.95. The van der Waals surface area contributed by atoms with Crippen LogP contribution in [0.2, 0.25) is 5.02 Å². The van der Waals surface area contributed by atoms with Crippen molar-refractivity contribution in [3.8, 4) is 5.75 Å². The molecule has 0 radical (unpaired) electrons. The standard InChI is InChI=1S/C25H30ClN5O2/c1-30(2)13-11-27-25-18-6-4-5-7-20(18)28-21-10-12-31(15-19(21)25)16-24(32)29-22-14-17(26)8-9-23(22)33-3/h4-9,14H,10-13,15-16H2,1-3H3,(H,27,28)(H,29,32). The number of rotatable bonds is 8. The summed E-state index contributed by atoms with van der Waals surface area (Å²) in [6.45, 7) is 3.48. The minimum absolute atomic E-state index is 0.102. The number of hydrogen-bond acceptors (Lipinski definition) is 6. The van der Waals surface area contributed by atoms with Crippen LogP contribution in [-0.2, 0) is 17.8 Å². The first-order chi connectivity index (χ1) is 15.9. The zero-order valence-corrected chi connectivity index (χ0v) is 20.1. The number of nitrogens with one attached hydrogen (secondary N) is 2. The fourth-order valence-corrected chi connectivity index (χ4v) is 4.33. The van der Waals surface area contributed by atoms with Crippen LogP contribution < -0.4 is 15.4 Å². The van der Waals surface area contributed by atoms with Gasteiger partial charge < -0.3 is 20.3 Å². The van der Waals surface area contributed by atoms with Gasteiger partial charge in [0, 0.05) is 60.0 Å². The molecule has 2 heterocycles. The SMILES string of the molecule is COc1ccc(Cl)cc1NC(=O)CN1CCc2nc3ccccc3c(NCCN(C)C)c2C1. The molecule has 0 atom stereocenters. The molecule has 2 aromatic carbocycles. The molecule has 174 valence electrons. The maximum Gasteiger partial charge on any atom is 0.238 e. The molecule has 7 nitrogen and oxygen atoms in total. The van der Waals surface area contributed by atoms with Gasteiger partial charge in [-0.05, 0) is 38.4 Å². The summed E-state index contributed by atoms with van der Waals surface area (Å²) in [5, 5.41) is 8.24. The van der Waals surface area contributed by atoms with Crippen LogP contribution in [0.5, 0.6) is 5.75 Å². The van der Waals surface area contributed by atoms with E-state index in [4.69, 9.17) is 21.3 Å². The number of hydrogen-bond donors (Lipinski definition) is 2. The van der Waals surface area contributed by atoms with Gasteiger partial charge in [-0.25, -0.2) is 0 Å². The Kier molecular flexibility index (Phi) is 7.33. The van der Waals surface area contributed by atoms with Gasteiger partial charge in [-0.15, -0.1) is 0 Å². The van der Waals surface area contributed by atoms with Crippen LogP contribution in [0, 0.1) is 0 Å². The summed E-state index contributed by atoms with van der Waals surface area (Å²) in [6, 6.07) is 13.4. The number of anilines is 2. The minimum Gasteiger partial charge on any atom is -0.495 e. The number of carbonyl (C=O) groups is 1. The topological polar surface area (TPSA) is 69.7 Å². The van der Waals surface area contributed by atoms with Crippen molar-refractivity contribution in [1.29, 1.82) is 0 Å². The number of likely N-dealkylation sites (N-methyl/N-ethyl adjacent to an activating group) is 1. The van der Waals surface area contributed by atoms with Crippen molar-refractivity contribution in [2.45, 2.75) is 13.0 Å². The van der Waals surface area contributed by atoms with E-state index in [-0.39, 0.29) is 12.5 Å². The number of ether oxygens (including phenoxy) is 1. The first-order valence-electron chi connectivity index (χ1n) is 11.1. The van der Waals surface area contributed by atoms with E-state index < -0.39 is 0 Å². The summed E-state index contributed by atoms with van der Waals surface area (Å²) in [6.07, 6.45) is 0.802. The fourth-order valence-electron chi connectivity index (χ4n) is 4.16. The van der Waals surface area contributed by atoms with Gasteiger partial charge in [0.25, 0.3) is 0 Å². The van der Waals surface area contributed by atoms with E-state index in [1.807, 2.05) is 12.1 Å². The van der Waals surface area contributed by atoms with Gasteiger partial charge in [0.1, 0.15) is 5.75 Å². The summed E-state index contributed by atoms with van der Waals surface area (Å²) in [5.74, 6) is 0.481. The van der Waals surface area contributed by atoms with E-state index >= 15 is 0 Å². The van der Waals surface area contributed by atoms with E-state index in [0.717, 1.165) is 48.3 Å². The molecule has 0 bridgehead atoms. The van der Waals surface area contributed by atoms with E-state index in [9.17, 15) is 4.79 Å². The van der Waals surface area contributed by atoms with Crippen molar-refractivity contribution >= 4 is 39.8 Å². The molecule has 33 heavy (non-hydrogen) atoms. The molecule has 1 amide bonds. The Balaban J connectivity index is 1.53. The number of carbonyl (C=O) groups excluding carboxylic acids is 1. The van der Waals surface area contributed by atoms with Gasteiger partial charge in [0.05, 0.1) is 24.9 Å². The maximum atomic E-state index is 12.8. The molecule has 0 spiro atoms. The Bertz CT molecular complexity index is 1150. The zero-order valence-electron chi connectivity index (χ0n) is 19.3. The van der Waals surface area contributed by atoms with Crippen LogP contribution in [0.1, 0.15) is 11.3 Å². The molecule has 0 saturated heterocycles. The third kappa shape index (κ3) is 5.55. The lowest BCUT2D eigenvalue weighted by Gasteiger charge is -2.30. The molecule has 3 aromatic rings. The number of aromatic nitrogens is 1. The Morgan fingerprint density at radius 2 is 2.06 bits per heavy atom. The van der Waals surface area contributed by atoms with Crippen molar-refractivity contribution in [3.05, 3.63) is 58.7 Å². The quantitative estimate of drug-likeness (QED) is 0.524. The van der Waals surface area contributed by atoms with Gasteiger partial charge in [-0.1, -0.05) is 29.8 Å². The van der Waals surface area contributed by atoms with Gasteiger partial charge in [0.2, 0.25) is 5.91 Å². The average molecular weight is 468 g/mol. The van der Waals surface area contributed by atoms with E-state index in [1.54, 1.807) is 25.3 Å². The molecule has 1 aliphatic heterocycles. The van der Waals surface area contributed by atoms with Crippen LogP contribution in [0.25, 0.3) is 10.9 Å². The molecule has 0 saturated carbocycles. The highest BCUT2D eigenvalue weighted by Gasteiger charge is 2.24. The molecule has 0 aliphatic carbocycles. The number of fused-ring (bicyclic) bond motifs is 2. The van der Waals surface area contributed by atoms with Gasteiger partial charge in [0.15, 0.2) is 0 Å². The minimum atomic E-state index is -0.102. The number of para-hydroxylation sites is 1. The predicted molar refractivity (Wildman–Crippen MR) is 134 cm³/mol. The van der Waals surface area contributed by atoms with Crippen molar-refractivity contribution < 1.29 is 9.53 Å². The fraction of sp³-hybridized carbons (Fsp3) is 0.360. The van der Waals surface area contributed by atoms with Crippen LogP contribution >= 0.6 is 11.6 Å². The normalized spacial score (nSPS) is 13.7. The van der Waals surface area contributed by atoms with Crippen LogP contribution in [-0.4, -0.2) is 68.1 Å². The molecule has 1 aliphatic rings. The lowest BCUT2D eigenvalue weighted by Crippen LogP contribution is -2.38. The first kappa shape index (κ1) is 23.3. The first-order valence-corrected chi connectivity index (χ1v) is 11.5. The van der Waals surface area contributed by atoms with Gasteiger partial charge in [-0.3, -0.25) is 14.7 Å². The maximum absolute atomic E-state index is 12.8. The highest BCUT2D eigenvalue weighted by molar-refractivity contribution is 6.31. The average Bonchev–Trinajstić information content (AvgIpc) is 2.78. The number of methoxy groups -OCH3 is 1. The number of benzene rings is 2. The van der Waals surface area contributed by atoms with Gasteiger partial charge in [-0.2, -0.15) is 0 Å². The molecule has 0 unspecified atom stereocenters. The Hall–Kier alpha value is -2.87. The third-order valence-electron chi connectivity index (χ3n) is 5.79. The predicted octanol–water partition coefficient (Wildman–Crippen LogP) is 3.87. The molecule has 2 N–H and O–H groups in total. The highest BCUT2D eigenvalue weighted by Crippen LogP contribution is 2.32. The summed E-state index contributed by atoms with van der Waals surface area (Å²) in [7, 11) is 5.71. The number of halogens is 1. The smallest absolute Gasteiger partial charge is 0.238 e. The second-order valence-electron chi connectivity index (χ2n) is 8.51. The Morgan fingerprint density at radius 1 is 1.24 bits per heavy atom. The van der Waals surface area contributed by atoms with Crippen molar-refractivity contribution in [3.63, 3.8) is 0 Å². The molecular weight excluding hydrogens is 438 g/mol. The molecular formula is C25H30ClN5O2. The lowest BCUT2D eigenvalue weighted by atomic mass is 9.99. The van der Waals surface area contributed by atoms with Crippen molar-refractivity contribution in [2.24, 2.45) is 0 Å². The second kappa shape index (κ2) is 10.4. The van der Waals surface area contributed by atoms with Crippen LogP contribution in [0.4, 0.5) is 11.4 Å². The van der Waals surface area contributed by atoms with Crippen molar-refractivity contribution in [1.82, 2.24) is 14.8 Å². The number of pyridine rings is 1. The van der Waals surface area contributed by atoms with E-state index in [1.165, 1.54) is 5.56 Å². The number of nitrogens with zero attached hydrogens (tertiary/aromatic N) is 3. The molecule has 0 fully saturated rings. The van der Waals surface area contributed by atoms with Crippen LogP contribution in [0.15, 0.2) is 42.5 Å². The molecule has 4 rings (SSSR count). The zero-order chi connectivity index (χ0) is 23.4.